The highest BCUT2D eigenvalue weighted by atomic mass is 35.5. The largest absolute Gasteiger partial charge is 0.411 e. The standard InChI is InChI=1S/C12H11Cl2F3N2O2/c13-8-4-6(5-9(14)18-8)11(20)19-10(12(15,16)17)7-2-1-3-21-7/h4-5,7,10H,1-3H2,(H,19,20). The minimum atomic E-state index is -4.61. The van der Waals surface area contributed by atoms with Gasteiger partial charge >= 0.3 is 6.18 Å². The molecule has 2 unspecified atom stereocenters. The van der Waals surface area contributed by atoms with Crippen LogP contribution in [0.15, 0.2) is 12.1 Å². The van der Waals surface area contributed by atoms with Crippen molar-refractivity contribution in [2.24, 2.45) is 0 Å². The molecule has 1 aromatic heterocycles. The number of alkyl halides is 3. The number of hydrogen-bond donors (Lipinski definition) is 1. The second-order valence-corrected chi connectivity index (χ2v) is 5.32. The number of pyridine rings is 1. The molecule has 0 aromatic carbocycles. The lowest BCUT2D eigenvalue weighted by molar-refractivity contribution is -0.176. The lowest BCUT2D eigenvalue weighted by Crippen LogP contribution is -2.52. The molecule has 1 aliphatic heterocycles. The van der Waals surface area contributed by atoms with E-state index in [4.69, 9.17) is 27.9 Å². The molecule has 1 amide bonds. The van der Waals surface area contributed by atoms with E-state index in [0.717, 1.165) is 12.1 Å². The van der Waals surface area contributed by atoms with Crippen LogP contribution in [-0.4, -0.2) is 35.8 Å². The van der Waals surface area contributed by atoms with Crippen LogP contribution < -0.4 is 5.32 Å². The van der Waals surface area contributed by atoms with Gasteiger partial charge in [-0.25, -0.2) is 4.98 Å². The van der Waals surface area contributed by atoms with E-state index in [0.29, 0.717) is 6.42 Å². The number of aromatic nitrogens is 1. The predicted octanol–water partition coefficient (Wildman–Crippen LogP) is 3.23. The number of halogens is 5. The summed E-state index contributed by atoms with van der Waals surface area (Å²) in [5.74, 6) is -0.931. The Kier molecular flexibility index (Phi) is 4.95. The number of ether oxygens (including phenoxy) is 1. The van der Waals surface area contributed by atoms with Gasteiger partial charge in [0.15, 0.2) is 6.04 Å². The third kappa shape index (κ3) is 4.21. The van der Waals surface area contributed by atoms with Gasteiger partial charge in [0.25, 0.3) is 5.91 Å². The Morgan fingerprint density at radius 1 is 1.38 bits per heavy atom. The van der Waals surface area contributed by atoms with Crippen LogP contribution in [0.25, 0.3) is 0 Å². The van der Waals surface area contributed by atoms with Crippen molar-refractivity contribution in [3.63, 3.8) is 0 Å². The molecule has 1 aromatic rings. The fourth-order valence-corrected chi connectivity index (χ4v) is 2.53. The fourth-order valence-electron chi connectivity index (χ4n) is 2.07. The van der Waals surface area contributed by atoms with Gasteiger partial charge in [-0.3, -0.25) is 4.79 Å². The maximum Gasteiger partial charge on any atom is 0.411 e. The number of carbonyl (C=O) groups excluding carboxylic acids is 1. The summed E-state index contributed by atoms with van der Waals surface area (Å²) in [6.45, 7) is 0.250. The van der Waals surface area contributed by atoms with E-state index in [2.05, 4.69) is 4.98 Å². The maximum absolute atomic E-state index is 13.0. The first-order valence-corrected chi connectivity index (χ1v) is 6.85. The molecule has 21 heavy (non-hydrogen) atoms. The lowest BCUT2D eigenvalue weighted by atomic mass is 10.1. The van der Waals surface area contributed by atoms with Gasteiger partial charge in [0.1, 0.15) is 10.3 Å². The van der Waals surface area contributed by atoms with Crippen LogP contribution in [0, 0.1) is 0 Å². The van der Waals surface area contributed by atoms with E-state index in [1.807, 2.05) is 5.32 Å². The van der Waals surface area contributed by atoms with Crippen molar-refractivity contribution in [1.82, 2.24) is 10.3 Å². The molecule has 0 radical (unpaired) electrons. The van der Waals surface area contributed by atoms with Crippen LogP contribution in [0.2, 0.25) is 10.3 Å². The molecule has 0 spiro atoms. The smallest absolute Gasteiger partial charge is 0.376 e. The van der Waals surface area contributed by atoms with Gasteiger partial charge in [-0.2, -0.15) is 13.2 Å². The zero-order valence-electron chi connectivity index (χ0n) is 10.6. The SMILES string of the molecule is O=C(NC(C1CCCO1)C(F)(F)F)c1cc(Cl)nc(Cl)c1. The average Bonchev–Trinajstić information content (AvgIpc) is 2.86. The molecule has 0 saturated carbocycles. The first-order chi connectivity index (χ1) is 9.77. The minimum absolute atomic E-state index is 0.0756. The quantitative estimate of drug-likeness (QED) is 0.858. The Bertz CT molecular complexity index is 513. The highest BCUT2D eigenvalue weighted by Gasteiger charge is 2.47. The maximum atomic E-state index is 13.0. The summed E-state index contributed by atoms with van der Waals surface area (Å²) < 4.78 is 44.2. The number of amides is 1. The van der Waals surface area contributed by atoms with E-state index in [1.54, 1.807) is 0 Å². The summed E-state index contributed by atoms with van der Waals surface area (Å²) >= 11 is 11.3. The number of nitrogens with zero attached hydrogens (tertiary/aromatic N) is 1. The van der Waals surface area contributed by atoms with Crippen molar-refractivity contribution in [1.29, 1.82) is 0 Å². The molecule has 2 rings (SSSR count). The van der Waals surface area contributed by atoms with Crippen LogP contribution in [0.4, 0.5) is 13.2 Å². The van der Waals surface area contributed by atoms with Crippen LogP contribution in [-0.2, 0) is 4.74 Å². The van der Waals surface area contributed by atoms with Crippen molar-refractivity contribution >= 4 is 29.1 Å². The molecular weight excluding hydrogens is 332 g/mol. The number of nitrogens with one attached hydrogen (secondary N) is 1. The Morgan fingerprint density at radius 2 is 2.00 bits per heavy atom. The second kappa shape index (κ2) is 6.37. The molecule has 1 N–H and O–H groups in total. The topological polar surface area (TPSA) is 51.2 Å². The second-order valence-electron chi connectivity index (χ2n) is 4.55. The van der Waals surface area contributed by atoms with Gasteiger partial charge < -0.3 is 10.1 Å². The van der Waals surface area contributed by atoms with Crippen LogP contribution in [0.5, 0.6) is 0 Å². The molecule has 0 aliphatic carbocycles. The number of hydrogen-bond acceptors (Lipinski definition) is 3. The summed E-state index contributed by atoms with van der Waals surface area (Å²) in [5, 5.41) is 1.78. The number of carbonyl (C=O) groups is 1. The van der Waals surface area contributed by atoms with E-state index < -0.39 is 24.2 Å². The fraction of sp³-hybridized carbons (Fsp3) is 0.500. The monoisotopic (exact) mass is 342 g/mol. The summed E-state index contributed by atoms with van der Waals surface area (Å²) in [6, 6.07) is 0.218. The van der Waals surface area contributed by atoms with Crippen LogP contribution in [0.1, 0.15) is 23.2 Å². The summed E-state index contributed by atoms with van der Waals surface area (Å²) in [6.07, 6.45) is -4.92. The Hall–Kier alpha value is -1.05. The first kappa shape index (κ1) is 16.3. The van der Waals surface area contributed by atoms with Crippen molar-refractivity contribution in [3.8, 4) is 0 Å². The lowest BCUT2D eigenvalue weighted by Gasteiger charge is -2.26. The molecule has 1 saturated heterocycles. The van der Waals surface area contributed by atoms with Gasteiger partial charge in [0, 0.05) is 12.2 Å². The third-order valence-electron chi connectivity index (χ3n) is 3.00. The van der Waals surface area contributed by atoms with Crippen molar-refractivity contribution in [2.45, 2.75) is 31.2 Å². The molecule has 1 fully saturated rings. The third-order valence-corrected chi connectivity index (χ3v) is 3.39. The molecule has 2 heterocycles. The molecule has 9 heteroatoms. The van der Waals surface area contributed by atoms with Gasteiger partial charge in [-0.1, -0.05) is 23.2 Å². The number of rotatable bonds is 3. The van der Waals surface area contributed by atoms with E-state index >= 15 is 0 Å². The van der Waals surface area contributed by atoms with Crippen molar-refractivity contribution in [2.75, 3.05) is 6.61 Å². The average molecular weight is 343 g/mol. The molecule has 2 atom stereocenters. The zero-order valence-corrected chi connectivity index (χ0v) is 12.1. The predicted molar refractivity (Wildman–Crippen MR) is 70.5 cm³/mol. The highest BCUT2D eigenvalue weighted by molar-refractivity contribution is 6.33. The highest BCUT2D eigenvalue weighted by Crippen LogP contribution is 2.29. The summed E-state index contributed by atoms with van der Waals surface area (Å²) in [4.78, 5) is 15.6. The Morgan fingerprint density at radius 3 is 2.48 bits per heavy atom. The van der Waals surface area contributed by atoms with E-state index in [1.165, 1.54) is 0 Å². The first-order valence-electron chi connectivity index (χ1n) is 6.09. The minimum Gasteiger partial charge on any atom is -0.376 e. The molecule has 116 valence electrons. The zero-order chi connectivity index (χ0) is 15.6. The van der Waals surface area contributed by atoms with Gasteiger partial charge in [-0.05, 0) is 25.0 Å². The van der Waals surface area contributed by atoms with Gasteiger partial charge in [0.05, 0.1) is 6.10 Å². The van der Waals surface area contributed by atoms with Crippen LogP contribution in [0.3, 0.4) is 0 Å². The Labute approximate surface area is 128 Å². The molecule has 4 nitrogen and oxygen atoms in total. The molecular formula is C12H11Cl2F3N2O2. The van der Waals surface area contributed by atoms with Gasteiger partial charge in [0.2, 0.25) is 0 Å². The van der Waals surface area contributed by atoms with Crippen molar-refractivity contribution < 1.29 is 22.7 Å². The Balaban J connectivity index is 2.17. The summed E-state index contributed by atoms with van der Waals surface area (Å²) in [5.41, 5.74) is -0.0905. The molecule has 0 bridgehead atoms. The molecule has 1 aliphatic rings. The normalized spacial score (nSPS) is 20.3. The van der Waals surface area contributed by atoms with E-state index in [-0.39, 0.29) is 28.9 Å². The van der Waals surface area contributed by atoms with E-state index in [9.17, 15) is 18.0 Å². The van der Waals surface area contributed by atoms with Crippen molar-refractivity contribution in [3.05, 3.63) is 28.0 Å². The van der Waals surface area contributed by atoms with Crippen LogP contribution >= 0.6 is 23.2 Å². The summed E-state index contributed by atoms with van der Waals surface area (Å²) in [7, 11) is 0. The van der Waals surface area contributed by atoms with Gasteiger partial charge in [-0.15, -0.1) is 0 Å².